The van der Waals surface area contributed by atoms with Crippen LogP contribution in [0, 0.1) is 19.8 Å². The smallest absolute Gasteiger partial charge is 0.263 e. The molecule has 0 saturated heterocycles. The molecule has 34 heavy (non-hydrogen) atoms. The van der Waals surface area contributed by atoms with Crippen molar-refractivity contribution in [2.75, 3.05) is 11.9 Å². The molecule has 2 aromatic heterocycles. The molecule has 3 rings (SSSR count). The number of anilines is 1. The molecule has 0 fully saturated rings. The highest BCUT2D eigenvalue weighted by molar-refractivity contribution is 5.81. The molecule has 2 heterocycles. The molecule has 0 bridgehead atoms. The van der Waals surface area contributed by atoms with E-state index in [9.17, 15) is 4.79 Å². The molecule has 0 atom stereocenters. The lowest BCUT2D eigenvalue weighted by Gasteiger charge is -2.16. The molecular weight excluding hydrogens is 420 g/mol. The van der Waals surface area contributed by atoms with Gasteiger partial charge in [0, 0.05) is 31.5 Å². The second-order valence-corrected chi connectivity index (χ2v) is 7.62. The van der Waals surface area contributed by atoms with E-state index in [1.807, 2.05) is 56.3 Å². The van der Waals surface area contributed by atoms with Gasteiger partial charge in [0.1, 0.15) is 0 Å². The maximum atomic E-state index is 13.4. The topological polar surface area (TPSA) is 59.8 Å². The lowest BCUT2D eigenvalue weighted by Crippen LogP contribution is -2.25. The van der Waals surface area contributed by atoms with E-state index in [1.165, 1.54) is 5.57 Å². The minimum Gasteiger partial charge on any atom is -0.356 e. The van der Waals surface area contributed by atoms with E-state index in [1.54, 1.807) is 30.1 Å². The Balaban J connectivity index is 0.00000199. The van der Waals surface area contributed by atoms with Crippen LogP contribution in [0.4, 0.5) is 5.95 Å². The van der Waals surface area contributed by atoms with Crippen LogP contribution in [0.5, 0.6) is 0 Å². The van der Waals surface area contributed by atoms with Crippen LogP contribution in [0.15, 0.2) is 90.0 Å². The predicted molar refractivity (Wildman–Crippen MR) is 144 cm³/mol. The number of allylic oxidation sites excluding steroid dienone is 5. The summed E-state index contributed by atoms with van der Waals surface area (Å²) >= 11 is 0. The van der Waals surface area contributed by atoms with Crippen LogP contribution in [-0.2, 0) is 7.05 Å². The molecule has 0 aliphatic carbocycles. The summed E-state index contributed by atoms with van der Waals surface area (Å²) in [5.41, 5.74) is 5.25. The van der Waals surface area contributed by atoms with Gasteiger partial charge in [0.05, 0.1) is 11.3 Å². The van der Waals surface area contributed by atoms with Gasteiger partial charge >= 0.3 is 0 Å². The molecule has 0 amide bonds. The molecule has 174 valence electrons. The predicted octanol–water partition coefficient (Wildman–Crippen LogP) is 5.95. The number of nitrogens with one attached hydrogen (secondary N) is 1. The summed E-state index contributed by atoms with van der Waals surface area (Å²) in [4.78, 5) is 22.4. The third kappa shape index (κ3) is 6.66. The highest BCUT2D eigenvalue weighted by Crippen LogP contribution is 2.29. The van der Waals surface area contributed by atoms with Crippen LogP contribution in [0.2, 0.25) is 0 Å². The number of pyridine rings is 1. The number of aromatic nitrogens is 3. The highest BCUT2D eigenvalue weighted by atomic mass is 16.1. The zero-order valence-electron chi connectivity index (χ0n) is 20.2. The van der Waals surface area contributed by atoms with E-state index in [0.29, 0.717) is 23.8 Å². The van der Waals surface area contributed by atoms with E-state index in [0.717, 1.165) is 29.5 Å². The Morgan fingerprint density at radius 3 is 2.56 bits per heavy atom. The van der Waals surface area contributed by atoms with Crippen molar-refractivity contribution in [3.8, 4) is 35.2 Å². The number of aryl methyl sites for hydroxylation is 1. The van der Waals surface area contributed by atoms with Crippen molar-refractivity contribution in [2.24, 2.45) is 7.05 Å². The molecule has 1 N–H and O–H groups in total. The molecular formula is C29H32N4O. The Morgan fingerprint density at radius 1 is 1.18 bits per heavy atom. The molecule has 0 spiro atoms. The van der Waals surface area contributed by atoms with E-state index in [-0.39, 0.29) is 5.56 Å². The van der Waals surface area contributed by atoms with Gasteiger partial charge < -0.3 is 5.32 Å². The van der Waals surface area contributed by atoms with Crippen molar-refractivity contribution in [3.63, 3.8) is 0 Å². The van der Waals surface area contributed by atoms with Crippen LogP contribution >= 0.6 is 0 Å². The molecule has 1 aromatic carbocycles. The number of hydrogen-bond acceptors (Lipinski definition) is 4. The van der Waals surface area contributed by atoms with Crippen molar-refractivity contribution in [3.05, 3.63) is 101 Å². The van der Waals surface area contributed by atoms with Gasteiger partial charge in [-0.1, -0.05) is 66.3 Å². The summed E-state index contributed by atoms with van der Waals surface area (Å²) in [6.07, 6.45) is 21.2. The van der Waals surface area contributed by atoms with Crippen LogP contribution in [0.3, 0.4) is 0 Å². The zero-order valence-corrected chi connectivity index (χ0v) is 20.2. The van der Waals surface area contributed by atoms with E-state index in [2.05, 4.69) is 41.9 Å². The number of nitrogens with zero attached hydrogens (tertiary/aromatic N) is 3. The van der Waals surface area contributed by atoms with Gasteiger partial charge in [0.2, 0.25) is 5.95 Å². The number of terminal acetylenes is 1. The first-order valence-corrected chi connectivity index (χ1v) is 11.1. The number of benzene rings is 1. The largest absolute Gasteiger partial charge is 0.356 e. The second-order valence-electron chi connectivity index (χ2n) is 7.62. The summed E-state index contributed by atoms with van der Waals surface area (Å²) in [6, 6.07) is 11.7. The average molecular weight is 453 g/mol. The standard InChI is InChI=1S/C27H30N4O.C2H2/c1-5-7-11-21(6-2)12-9-16-29-27-30-25(22-14-17-28-18-15-22)24(26(32)31(27)4)23-13-8-10-20(3)19-23;1-2/h5-8,10-11,13-15,17-19H,1,9,12,16H2,2-4H3,(H,29,30);1-2H/b11-7-,21-6+;. The first-order valence-electron chi connectivity index (χ1n) is 11.1. The van der Waals surface area contributed by atoms with Gasteiger partial charge in [-0.2, -0.15) is 0 Å². The van der Waals surface area contributed by atoms with Crippen LogP contribution < -0.4 is 10.9 Å². The zero-order chi connectivity index (χ0) is 24.9. The van der Waals surface area contributed by atoms with Gasteiger partial charge in [-0.05, 0) is 44.4 Å². The van der Waals surface area contributed by atoms with Gasteiger partial charge in [-0.25, -0.2) is 4.98 Å². The summed E-state index contributed by atoms with van der Waals surface area (Å²) < 4.78 is 1.59. The van der Waals surface area contributed by atoms with Crippen molar-refractivity contribution in [1.29, 1.82) is 0 Å². The van der Waals surface area contributed by atoms with Gasteiger partial charge in [0.15, 0.2) is 0 Å². The fraction of sp³-hybridized carbons (Fsp3) is 0.207. The van der Waals surface area contributed by atoms with E-state index < -0.39 is 0 Å². The van der Waals surface area contributed by atoms with Crippen molar-refractivity contribution < 1.29 is 0 Å². The Bertz CT molecular complexity index is 1230. The molecule has 5 heteroatoms. The Morgan fingerprint density at radius 2 is 1.91 bits per heavy atom. The summed E-state index contributed by atoms with van der Waals surface area (Å²) in [7, 11) is 1.76. The quantitative estimate of drug-likeness (QED) is 0.248. The van der Waals surface area contributed by atoms with Gasteiger partial charge in [0.25, 0.3) is 5.56 Å². The monoisotopic (exact) mass is 452 g/mol. The Labute approximate surface area is 202 Å². The molecule has 0 radical (unpaired) electrons. The van der Waals surface area contributed by atoms with Gasteiger partial charge in [-0.15, -0.1) is 12.8 Å². The average Bonchev–Trinajstić information content (AvgIpc) is 2.87. The third-order valence-electron chi connectivity index (χ3n) is 5.29. The Hall–Kier alpha value is -4.17. The first kappa shape index (κ1) is 26.1. The fourth-order valence-corrected chi connectivity index (χ4v) is 3.55. The minimum atomic E-state index is -0.0806. The third-order valence-corrected chi connectivity index (χ3v) is 5.29. The van der Waals surface area contributed by atoms with Crippen molar-refractivity contribution >= 4 is 5.95 Å². The molecule has 0 saturated carbocycles. The van der Waals surface area contributed by atoms with Gasteiger partial charge in [-0.3, -0.25) is 14.3 Å². The molecule has 3 aromatic rings. The molecule has 0 aliphatic rings. The van der Waals surface area contributed by atoms with Crippen molar-refractivity contribution in [2.45, 2.75) is 26.7 Å². The van der Waals surface area contributed by atoms with Crippen LogP contribution in [-0.4, -0.2) is 21.1 Å². The van der Waals surface area contributed by atoms with Crippen LogP contribution in [0.25, 0.3) is 22.4 Å². The number of hydrogen-bond donors (Lipinski definition) is 1. The van der Waals surface area contributed by atoms with Crippen molar-refractivity contribution in [1.82, 2.24) is 14.5 Å². The van der Waals surface area contributed by atoms with Crippen LogP contribution in [0.1, 0.15) is 25.3 Å². The van der Waals surface area contributed by atoms with E-state index in [4.69, 9.17) is 4.98 Å². The fourth-order valence-electron chi connectivity index (χ4n) is 3.55. The minimum absolute atomic E-state index is 0.0806. The maximum absolute atomic E-state index is 13.4. The molecule has 0 aliphatic heterocycles. The summed E-state index contributed by atoms with van der Waals surface area (Å²) in [6.45, 7) is 8.48. The molecule has 5 nitrogen and oxygen atoms in total. The molecule has 0 unspecified atom stereocenters. The van der Waals surface area contributed by atoms with E-state index >= 15 is 0 Å². The Kier molecular flexibility index (Phi) is 10.3. The SMILES string of the molecule is C#C.C=C/C=C\C(=C/C)CCCNc1nc(-c2ccncc2)c(-c2cccc(C)c2)c(=O)n1C. The number of rotatable bonds is 9. The first-order chi connectivity index (χ1) is 16.5. The highest BCUT2D eigenvalue weighted by Gasteiger charge is 2.18. The lowest BCUT2D eigenvalue weighted by molar-refractivity contribution is 0.799. The lowest BCUT2D eigenvalue weighted by atomic mass is 9.99. The normalized spacial score (nSPS) is 11.0. The summed E-state index contributed by atoms with van der Waals surface area (Å²) in [5.74, 6) is 0.557. The maximum Gasteiger partial charge on any atom is 0.263 e. The second kappa shape index (κ2) is 13.4. The summed E-state index contributed by atoms with van der Waals surface area (Å²) in [5, 5.41) is 3.35.